The van der Waals surface area contributed by atoms with E-state index < -0.39 is 0 Å². The molecule has 100 valence electrons. The van der Waals surface area contributed by atoms with Gasteiger partial charge in [-0.1, -0.05) is 0 Å². The van der Waals surface area contributed by atoms with E-state index in [0.717, 1.165) is 9.40 Å². The Hall–Kier alpha value is -1.06. The van der Waals surface area contributed by atoms with E-state index in [0.29, 0.717) is 32.1 Å². The fourth-order valence-corrected chi connectivity index (χ4v) is 4.70. The number of aromatic amines is 2. The first-order valence-electron chi connectivity index (χ1n) is 5.87. The van der Waals surface area contributed by atoms with Crippen LogP contribution in [0.2, 0.25) is 0 Å². The Morgan fingerprint density at radius 3 is 1.71 bits per heavy atom. The van der Waals surface area contributed by atoms with Crippen LogP contribution in [0.1, 0.15) is 11.6 Å². The molecule has 0 bridgehead atoms. The van der Waals surface area contributed by atoms with Crippen LogP contribution >= 0.6 is 22.7 Å². The van der Waals surface area contributed by atoms with Crippen LogP contribution in [0.5, 0.6) is 0 Å². The zero-order valence-corrected chi connectivity index (χ0v) is 15.2. The van der Waals surface area contributed by atoms with E-state index in [1.807, 2.05) is 0 Å². The quantitative estimate of drug-likeness (QED) is 0.408. The van der Waals surface area contributed by atoms with Crippen LogP contribution in [0.15, 0.2) is 9.59 Å². The third-order valence-electron chi connectivity index (χ3n) is 3.06. The molecule has 2 N–H and O–H groups in total. The minimum absolute atomic E-state index is 0. The van der Waals surface area contributed by atoms with E-state index in [-0.39, 0.29) is 40.7 Å². The maximum Gasteiger partial charge on any atom is 1.00 e. The molecule has 0 spiro atoms. The predicted octanol–water partition coefficient (Wildman–Crippen LogP) is -0.943. The van der Waals surface area contributed by atoms with E-state index in [4.69, 9.17) is 0 Å². The number of nitrogens with one attached hydrogen (secondary N) is 2. The van der Waals surface area contributed by atoms with E-state index >= 15 is 0 Å². The summed E-state index contributed by atoms with van der Waals surface area (Å²) in [6.45, 7) is 3.48. The van der Waals surface area contributed by atoms with Crippen LogP contribution in [-0.2, 0) is 0 Å². The molecule has 0 saturated carbocycles. The van der Waals surface area contributed by atoms with Gasteiger partial charge in [0.1, 0.15) is 21.0 Å². The summed E-state index contributed by atoms with van der Waals surface area (Å²) in [5, 5.41) is 0.813. The van der Waals surface area contributed by atoms with Crippen molar-refractivity contribution in [2.45, 2.75) is 13.8 Å². The van der Waals surface area contributed by atoms with Crippen LogP contribution in [0.25, 0.3) is 29.8 Å². The number of rotatable bonds is 0. The number of nitrogens with zero attached hydrogens (tertiary/aromatic N) is 2. The first-order chi connectivity index (χ1) is 9.54. The number of H-pyrrole nitrogens is 2. The van der Waals surface area contributed by atoms with E-state index in [9.17, 15) is 9.59 Å². The summed E-state index contributed by atoms with van der Waals surface area (Å²) >= 11 is 2.71. The molecule has 6 nitrogen and oxygen atoms in total. The van der Waals surface area contributed by atoms with Gasteiger partial charge in [-0.15, -0.1) is 22.7 Å². The van der Waals surface area contributed by atoms with E-state index in [2.05, 4.69) is 19.9 Å². The van der Waals surface area contributed by atoms with Gasteiger partial charge in [-0.3, -0.25) is 9.59 Å². The van der Waals surface area contributed by atoms with Crippen LogP contribution in [-0.4, -0.2) is 19.9 Å². The van der Waals surface area contributed by atoms with Crippen LogP contribution in [0.4, 0.5) is 0 Å². The molecular formula is C12H8N4NaO2S2+. The van der Waals surface area contributed by atoms with E-state index in [1.165, 1.54) is 22.7 Å². The Bertz CT molecular complexity index is 1040. The average Bonchev–Trinajstić information content (AvgIpc) is 2.87. The predicted molar refractivity (Wildman–Crippen MR) is 81.0 cm³/mol. The Morgan fingerprint density at radius 1 is 0.857 bits per heavy atom. The number of fused-ring (bicyclic) bond motifs is 5. The molecule has 0 aliphatic heterocycles. The zero-order valence-electron chi connectivity index (χ0n) is 11.5. The number of hydrogen-bond acceptors (Lipinski definition) is 6. The number of hydrogen-bond donors (Lipinski definition) is 2. The van der Waals surface area contributed by atoms with Gasteiger partial charge in [0, 0.05) is 0 Å². The third-order valence-corrected chi connectivity index (χ3v) is 5.50. The fraction of sp³-hybridized carbons (Fsp3) is 0.167. The minimum atomic E-state index is -0.143. The molecule has 0 saturated heterocycles. The zero-order chi connectivity index (χ0) is 14.0. The van der Waals surface area contributed by atoms with Crippen molar-refractivity contribution in [1.29, 1.82) is 0 Å². The monoisotopic (exact) mass is 327 g/mol. The molecule has 0 aromatic carbocycles. The Labute approximate surface area is 147 Å². The summed E-state index contributed by atoms with van der Waals surface area (Å²) in [7, 11) is 0. The molecule has 4 aromatic rings. The minimum Gasteiger partial charge on any atom is -0.310 e. The van der Waals surface area contributed by atoms with Gasteiger partial charge < -0.3 is 9.97 Å². The molecule has 4 aromatic heterocycles. The van der Waals surface area contributed by atoms with Crippen molar-refractivity contribution in [3.05, 3.63) is 32.4 Å². The van der Waals surface area contributed by atoms with Crippen LogP contribution < -0.4 is 40.7 Å². The average molecular weight is 327 g/mol. The van der Waals surface area contributed by atoms with Gasteiger partial charge in [-0.05, 0) is 13.8 Å². The normalized spacial score (nSPS) is 11.3. The number of aryl methyl sites for hydroxylation is 2. The summed E-state index contributed by atoms with van der Waals surface area (Å²) in [5.74, 6) is 1.12. The van der Waals surface area contributed by atoms with Gasteiger partial charge in [0.25, 0.3) is 11.1 Å². The van der Waals surface area contributed by atoms with Gasteiger partial charge in [-0.2, -0.15) is 0 Å². The summed E-state index contributed by atoms with van der Waals surface area (Å²) in [6, 6.07) is 0. The first kappa shape index (κ1) is 14.9. The number of aromatic nitrogens is 4. The second kappa shape index (κ2) is 4.99. The number of thiophene rings is 2. The second-order valence-corrected chi connectivity index (χ2v) is 6.82. The molecule has 9 heteroatoms. The molecule has 0 aliphatic carbocycles. The van der Waals surface area contributed by atoms with Gasteiger partial charge >= 0.3 is 29.6 Å². The summed E-state index contributed by atoms with van der Waals surface area (Å²) in [6.07, 6.45) is 0. The molecule has 4 heterocycles. The molecular weight excluding hydrogens is 319 g/mol. The van der Waals surface area contributed by atoms with Crippen molar-refractivity contribution in [3.8, 4) is 0 Å². The topological polar surface area (TPSA) is 91.5 Å². The van der Waals surface area contributed by atoms with Crippen LogP contribution in [0, 0.1) is 13.8 Å². The Kier molecular flexibility index (Phi) is 3.53. The third kappa shape index (κ3) is 2.09. The maximum atomic E-state index is 12.0. The second-order valence-electron chi connectivity index (χ2n) is 4.52. The molecule has 0 amide bonds. The largest absolute Gasteiger partial charge is 1.00 e. The molecule has 0 aliphatic rings. The molecule has 0 radical (unpaired) electrons. The first-order valence-corrected chi connectivity index (χ1v) is 7.50. The van der Waals surface area contributed by atoms with Gasteiger partial charge in [0.15, 0.2) is 0 Å². The Morgan fingerprint density at radius 2 is 1.29 bits per heavy atom. The van der Waals surface area contributed by atoms with Crippen molar-refractivity contribution in [2.75, 3.05) is 0 Å². The van der Waals surface area contributed by atoms with Crippen molar-refractivity contribution in [3.63, 3.8) is 0 Å². The standard InChI is InChI=1S/C12H8N4O2S2.Na/c1-3-13-6-5-7-9(11(18)16-4(2)14-7)20-12(5)19-8(6)10(17)15-3;/h1-2H3,(H,13,15,17)(H,14,16,18);/q;+1. The van der Waals surface area contributed by atoms with Gasteiger partial charge in [0.2, 0.25) is 0 Å². The Balaban J connectivity index is 0.00000132. The summed E-state index contributed by atoms with van der Waals surface area (Å²) in [5.41, 5.74) is 0.983. The summed E-state index contributed by atoms with van der Waals surface area (Å²) in [4.78, 5) is 38.2. The van der Waals surface area contributed by atoms with Gasteiger partial charge in [-0.25, -0.2) is 9.97 Å². The molecule has 0 fully saturated rings. The molecule has 21 heavy (non-hydrogen) atoms. The fourth-order valence-electron chi connectivity index (χ4n) is 2.29. The van der Waals surface area contributed by atoms with Crippen molar-refractivity contribution in [2.24, 2.45) is 0 Å². The van der Waals surface area contributed by atoms with E-state index in [1.54, 1.807) is 13.8 Å². The molecule has 4 rings (SSSR count). The smallest absolute Gasteiger partial charge is 0.310 e. The SMILES string of the molecule is Cc1nc2c(sc3sc4c(=O)[nH]c(C)nc4c32)c(=O)[nH]1.[Na+]. The molecule has 0 unspecified atom stereocenters. The molecule has 0 atom stereocenters. The van der Waals surface area contributed by atoms with Crippen LogP contribution in [0.3, 0.4) is 0 Å². The summed E-state index contributed by atoms with van der Waals surface area (Å²) < 4.78 is 2.07. The van der Waals surface area contributed by atoms with Crippen molar-refractivity contribution >= 4 is 52.5 Å². The maximum absolute atomic E-state index is 12.0. The van der Waals surface area contributed by atoms with Crippen molar-refractivity contribution in [1.82, 2.24) is 19.9 Å². The van der Waals surface area contributed by atoms with Crippen molar-refractivity contribution < 1.29 is 29.6 Å². The van der Waals surface area contributed by atoms with Gasteiger partial charge in [0.05, 0.1) is 20.4 Å².